The molecule has 1 aliphatic rings. The number of hydrogen-bond donors (Lipinski definition) is 2. The van der Waals surface area contributed by atoms with Gasteiger partial charge >= 0.3 is 0 Å². The fourth-order valence-corrected chi connectivity index (χ4v) is 3.73. The highest BCUT2D eigenvalue weighted by Crippen LogP contribution is 2.32. The molecule has 2 amide bonds. The van der Waals surface area contributed by atoms with Crippen molar-refractivity contribution in [2.75, 3.05) is 12.1 Å². The molecular formula is C25H22N4O4. The summed E-state index contributed by atoms with van der Waals surface area (Å²) in [6.07, 6.45) is 3.35. The number of benzene rings is 2. The SMILES string of the molecule is Cc1ccc([C@H](C)NC(=O)c2ccc3c(c2)OCO3)cc1NC(=O)c1cnc2ccccn12. The number of anilines is 1. The molecule has 2 aromatic heterocycles. The maximum Gasteiger partial charge on any atom is 0.274 e. The van der Waals surface area contributed by atoms with Crippen molar-refractivity contribution in [3.63, 3.8) is 0 Å². The average molecular weight is 442 g/mol. The number of rotatable bonds is 5. The molecule has 0 unspecified atom stereocenters. The normalized spacial score (nSPS) is 13.0. The molecule has 1 aliphatic heterocycles. The van der Waals surface area contributed by atoms with Crippen LogP contribution in [0.25, 0.3) is 5.65 Å². The lowest BCUT2D eigenvalue weighted by atomic mass is 10.0. The lowest BCUT2D eigenvalue weighted by Crippen LogP contribution is -2.26. The summed E-state index contributed by atoms with van der Waals surface area (Å²) in [6.45, 7) is 3.97. The van der Waals surface area contributed by atoms with Crippen LogP contribution in [0.2, 0.25) is 0 Å². The monoisotopic (exact) mass is 442 g/mol. The van der Waals surface area contributed by atoms with Crippen molar-refractivity contribution in [1.29, 1.82) is 0 Å². The van der Waals surface area contributed by atoms with Gasteiger partial charge in [0.15, 0.2) is 11.5 Å². The number of carbonyl (C=O) groups is 2. The van der Waals surface area contributed by atoms with Gasteiger partial charge in [0.2, 0.25) is 6.79 Å². The Hall–Kier alpha value is -4.33. The lowest BCUT2D eigenvalue weighted by molar-refractivity contribution is 0.0938. The fourth-order valence-electron chi connectivity index (χ4n) is 3.73. The smallest absolute Gasteiger partial charge is 0.274 e. The predicted molar refractivity (Wildman–Crippen MR) is 123 cm³/mol. The molecule has 2 N–H and O–H groups in total. The van der Waals surface area contributed by atoms with E-state index in [0.717, 1.165) is 11.1 Å². The summed E-state index contributed by atoms with van der Waals surface area (Å²) in [6, 6.07) is 16.1. The molecule has 3 heterocycles. The third-order valence-corrected chi connectivity index (χ3v) is 5.64. The maximum absolute atomic E-state index is 12.9. The van der Waals surface area contributed by atoms with Crippen molar-refractivity contribution in [2.45, 2.75) is 19.9 Å². The molecule has 166 valence electrons. The van der Waals surface area contributed by atoms with E-state index in [1.165, 1.54) is 0 Å². The highest BCUT2D eigenvalue weighted by atomic mass is 16.7. The van der Waals surface area contributed by atoms with Gasteiger partial charge in [0, 0.05) is 17.4 Å². The molecule has 1 atom stereocenters. The molecule has 0 spiro atoms. The zero-order chi connectivity index (χ0) is 22.9. The number of pyridine rings is 1. The van der Waals surface area contributed by atoms with Crippen LogP contribution in [-0.2, 0) is 0 Å². The van der Waals surface area contributed by atoms with Gasteiger partial charge in [-0.3, -0.25) is 14.0 Å². The number of ether oxygens (including phenoxy) is 2. The average Bonchev–Trinajstić information content (AvgIpc) is 3.46. The first-order valence-corrected chi connectivity index (χ1v) is 10.5. The Morgan fingerprint density at radius 1 is 1.03 bits per heavy atom. The van der Waals surface area contributed by atoms with Gasteiger partial charge < -0.3 is 20.1 Å². The Morgan fingerprint density at radius 2 is 1.88 bits per heavy atom. The summed E-state index contributed by atoms with van der Waals surface area (Å²) >= 11 is 0. The molecule has 0 saturated heterocycles. The highest BCUT2D eigenvalue weighted by Gasteiger charge is 2.19. The molecule has 0 radical (unpaired) electrons. The predicted octanol–water partition coefficient (Wildman–Crippen LogP) is 4.11. The summed E-state index contributed by atoms with van der Waals surface area (Å²) in [4.78, 5) is 29.9. The van der Waals surface area contributed by atoms with Crippen LogP contribution in [0, 0.1) is 6.92 Å². The Bertz CT molecular complexity index is 1380. The van der Waals surface area contributed by atoms with E-state index in [1.54, 1.807) is 35.0 Å². The molecule has 8 heteroatoms. The Labute approximate surface area is 190 Å². The summed E-state index contributed by atoms with van der Waals surface area (Å²) < 4.78 is 12.4. The van der Waals surface area contributed by atoms with Crippen molar-refractivity contribution in [1.82, 2.24) is 14.7 Å². The van der Waals surface area contributed by atoms with Crippen molar-refractivity contribution in [3.05, 3.63) is 89.4 Å². The third kappa shape index (κ3) is 3.98. The van der Waals surface area contributed by atoms with Crippen molar-refractivity contribution < 1.29 is 19.1 Å². The molecule has 0 saturated carbocycles. The van der Waals surface area contributed by atoms with Gasteiger partial charge in [-0.15, -0.1) is 0 Å². The van der Waals surface area contributed by atoms with Gasteiger partial charge in [0.25, 0.3) is 11.8 Å². The van der Waals surface area contributed by atoms with E-state index in [0.29, 0.717) is 34.1 Å². The van der Waals surface area contributed by atoms with E-state index < -0.39 is 0 Å². The summed E-state index contributed by atoms with van der Waals surface area (Å²) in [5.41, 5.74) is 4.08. The third-order valence-electron chi connectivity index (χ3n) is 5.64. The van der Waals surface area contributed by atoms with Gasteiger partial charge in [-0.2, -0.15) is 0 Å². The molecule has 33 heavy (non-hydrogen) atoms. The Kier molecular flexibility index (Phi) is 5.18. The largest absolute Gasteiger partial charge is 0.454 e. The van der Waals surface area contributed by atoms with Crippen molar-refractivity contribution in [3.8, 4) is 11.5 Å². The van der Waals surface area contributed by atoms with Crippen LogP contribution in [0.4, 0.5) is 5.69 Å². The first-order valence-electron chi connectivity index (χ1n) is 10.5. The number of amides is 2. The van der Waals surface area contributed by atoms with Crippen molar-refractivity contribution in [2.24, 2.45) is 0 Å². The van der Waals surface area contributed by atoms with E-state index in [2.05, 4.69) is 15.6 Å². The van der Waals surface area contributed by atoms with Gasteiger partial charge in [-0.1, -0.05) is 18.2 Å². The number of carbonyl (C=O) groups excluding carboxylic acids is 2. The van der Waals surface area contributed by atoms with Crippen LogP contribution in [0.15, 0.2) is 67.0 Å². The number of nitrogens with one attached hydrogen (secondary N) is 2. The zero-order valence-corrected chi connectivity index (χ0v) is 18.2. The molecule has 5 rings (SSSR count). The van der Waals surface area contributed by atoms with E-state index in [-0.39, 0.29) is 24.6 Å². The van der Waals surface area contributed by atoms with Crippen LogP contribution in [0.3, 0.4) is 0 Å². The van der Waals surface area contributed by atoms with Gasteiger partial charge in [-0.05, 0) is 61.4 Å². The van der Waals surface area contributed by atoms with E-state index in [1.807, 2.05) is 50.2 Å². The van der Waals surface area contributed by atoms with Crippen LogP contribution < -0.4 is 20.1 Å². The molecular weight excluding hydrogens is 420 g/mol. The first kappa shape index (κ1) is 20.6. The molecule has 2 aromatic carbocycles. The lowest BCUT2D eigenvalue weighted by Gasteiger charge is -2.17. The van der Waals surface area contributed by atoms with Crippen LogP contribution in [0.5, 0.6) is 11.5 Å². The molecule has 8 nitrogen and oxygen atoms in total. The van der Waals surface area contributed by atoms with Gasteiger partial charge in [0.05, 0.1) is 12.2 Å². The second-order valence-corrected chi connectivity index (χ2v) is 7.86. The second-order valence-electron chi connectivity index (χ2n) is 7.86. The van der Waals surface area contributed by atoms with Gasteiger partial charge in [0.1, 0.15) is 11.3 Å². The number of nitrogens with zero attached hydrogens (tertiary/aromatic N) is 2. The summed E-state index contributed by atoms with van der Waals surface area (Å²) in [5.74, 6) is 0.705. The van der Waals surface area contributed by atoms with Crippen LogP contribution in [0.1, 0.15) is 44.9 Å². The quantitative estimate of drug-likeness (QED) is 0.485. The number of aromatic nitrogens is 2. The minimum absolute atomic E-state index is 0.157. The summed E-state index contributed by atoms with van der Waals surface area (Å²) in [5, 5.41) is 5.96. The number of fused-ring (bicyclic) bond motifs is 2. The van der Waals surface area contributed by atoms with Crippen molar-refractivity contribution >= 4 is 23.1 Å². The van der Waals surface area contributed by atoms with Crippen LogP contribution in [-0.4, -0.2) is 28.0 Å². The minimum Gasteiger partial charge on any atom is -0.454 e. The highest BCUT2D eigenvalue weighted by molar-refractivity contribution is 6.04. The van der Waals surface area contributed by atoms with E-state index in [4.69, 9.17) is 9.47 Å². The molecule has 4 aromatic rings. The Balaban J connectivity index is 1.32. The number of aryl methyl sites for hydroxylation is 1. The minimum atomic E-state index is -0.282. The number of imidazole rings is 1. The topological polar surface area (TPSA) is 94.0 Å². The standard InChI is InChI=1S/C25H22N4O4/c1-15-6-7-17(16(2)27-24(30)18-8-9-21-22(12-18)33-14-32-21)11-19(15)28-25(31)20-13-26-23-5-3-4-10-29(20)23/h3-13,16H,14H2,1-2H3,(H,27,30)(H,28,31)/t16-/m0/s1. The zero-order valence-electron chi connectivity index (χ0n) is 18.2. The maximum atomic E-state index is 12.9. The van der Waals surface area contributed by atoms with E-state index in [9.17, 15) is 9.59 Å². The molecule has 0 bridgehead atoms. The fraction of sp³-hybridized carbons (Fsp3) is 0.160. The number of hydrogen-bond acceptors (Lipinski definition) is 5. The van der Waals surface area contributed by atoms with E-state index >= 15 is 0 Å². The molecule has 0 fully saturated rings. The second kappa shape index (κ2) is 8.31. The first-order chi connectivity index (χ1) is 16.0. The summed E-state index contributed by atoms with van der Waals surface area (Å²) in [7, 11) is 0. The van der Waals surface area contributed by atoms with Crippen LogP contribution >= 0.6 is 0 Å². The Morgan fingerprint density at radius 3 is 2.76 bits per heavy atom. The van der Waals surface area contributed by atoms with Gasteiger partial charge in [-0.25, -0.2) is 4.98 Å². The molecule has 0 aliphatic carbocycles.